The molecule has 24 heavy (non-hydrogen) atoms. The van der Waals surface area contributed by atoms with E-state index in [0.717, 1.165) is 31.4 Å². The van der Waals surface area contributed by atoms with Crippen LogP contribution in [0.15, 0.2) is 30.4 Å². The molecule has 0 bridgehead atoms. The van der Waals surface area contributed by atoms with E-state index in [2.05, 4.69) is 0 Å². The second-order valence-electron chi connectivity index (χ2n) is 6.42. The van der Waals surface area contributed by atoms with E-state index in [4.69, 9.17) is 5.11 Å². The SMILES string of the molecule is O=C(O)c1ccc(C(=O)N2CC=CCC3(CC3)C2)c(C(F)(F)F)c1. The molecule has 0 atom stereocenters. The molecule has 4 nitrogen and oxygen atoms in total. The number of aromatic carboxylic acids is 1. The smallest absolute Gasteiger partial charge is 0.417 e. The number of amides is 1. The Morgan fingerprint density at radius 2 is 1.88 bits per heavy atom. The number of carbonyl (C=O) groups is 2. The van der Waals surface area contributed by atoms with E-state index in [-0.39, 0.29) is 12.0 Å². The Balaban J connectivity index is 1.97. The zero-order chi connectivity index (χ0) is 17.5. The van der Waals surface area contributed by atoms with Crippen LogP contribution in [0.2, 0.25) is 0 Å². The zero-order valence-electron chi connectivity index (χ0n) is 12.8. The first-order valence-electron chi connectivity index (χ1n) is 7.61. The summed E-state index contributed by atoms with van der Waals surface area (Å²) < 4.78 is 39.9. The summed E-state index contributed by atoms with van der Waals surface area (Å²) in [7, 11) is 0. The van der Waals surface area contributed by atoms with Crippen LogP contribution < -0.4 is 0 Å². The molecule has 1 heterocycles. The number of hydrogen-bond donors (Lipinski definition) is 1. The van der Waals surface area contributed by atoms with Crippen molar-refractivity contribution in [1.82, 2.24) is 4.90 Å². The van der Waals surface area contributed by atoms with Gasteiger partial charge in [-0.2, -0.15) is 13.2 Å². The normalized spacial score (nSPS) is 19.2. The Labute approximate surface area is 136 Å². The minimum Gasteiger partial charge on any atom is -0.478 e. The molecule has 1 spiro atoms. The first-order valence-corrected chi connectivity index (χ1v) is 7.61. The lowest BCUT2D eigenvalue weighted by atomic mass is 10.00. The van der Waals surface area contributed by atoms with Crippen molar-refractivity contribution in [3.05, 3.63) is 47.0 Å². The number of hydrogen-bond acceptors (Lipinski definition) is 2. The number of carboxylic acids is 1. The first kappa shape index (κ1) is 16.5. The van der Waals surface area contributed by atoms with Crippen molar-refractivity contribution in [2.24, 2.45) is 5.41 Å². The highest BCUT2D eigenvalue weighted by atomic mass is 19.4. The minimum absolute atomic E-state index is 0.00204. The van der Waals surface area contributed by atoms with E-state index in [0.29, 0.717) is 12.6 Å². The number of nitrogens with zero attached hydrogens (tertiary/aromatic N) is 1. The average Bonchev–Trinajstić information content (AvgIpc) is 3.31. The molecule has 1 fully saturated rings. The van der Waals surface area contributed by atoms with Gasteiger partial charge in [-0.15, -0.1) is 0 Å². The highest BCUT2D eigenvalue weighted by Gasteiger charge is 2.45. The number of benzene rings is 1. The number of carbonyl (C=O) groups excluding carboxylic acids is 1. The minimum atomic E-state index is -4.80. The Morgan fingerprint density at radius 3 is 2.46 bits per heavy atom. The van der Waals surface area contributed by atoms with Crippen LogP contribution in [0, 0.1) is 5.41 Å². The van der Waals surface area contributed by atoms with Crippen molar-refractivity contribution in [2.75, 3.05) is 13.1 Å². The molecule has 1 aliphatic carbocycles. The van der Waals surface area contributed by atoms with Gasteiger partial charge in [-0.05, 0) is 42.9 Å². The first-order chi connectivity index (χ1) is 11.2. The maximum atomic E-state index is 13.3. The molecule has 3 rings (SSSR count). The van der Waals surface area contributed by atoms with Crippen LogP contribution in [0.4, 0.5) is 13.2 Å². The Morgan fingerprint density at radius 1 is 1.17 bits per heavy atom. The van der Waals surface area contributed by atoms with Crippen molar-refractivity contribution >= 4 is 11.9 Å². The van der Waals surface area contributed by atoms with Crippen LogP contribution in [0.3, 0.4) is 0 Å². The number of alkyl halides is 3. The molecule has 0 saturated heterocycles. The van der Waals surface area contributed by atoms with Gasteiger partial charge in [-0.3, -0.25) is 4.79 Å². The molecule has 7 heteroatoms. The van der Waals surface area contributed by atoms with Gasteiger partial charge in [-0.25, -0.2) is 4.79 Å². The largest absolute Gasteiger partial charge is 0.478 e. The maximum Gasteiger partial charge on any atom is 0.417 e. The summed E-state index contributed by atoms with van der Waals surface area (Å²) in [6.07, 6.45) is 1.73. The molecule has 1 aromatic rings. The average molecular weight is 339 g/mol. The molecule has 0 radical (unpaired) electrons. The molecule has 0 unspecified atom stereocenters. The van der Waals surface area contributed by atoms with Gasteiger partial charge in [0.25, 0.3) is 5.91 Å². The summed E-state index contributed by atoms with van der Waals surface area (Å²) >= 11 is 0. The Bertz CT molecular complexity index is 720. The molecule has 128 valence electrons. The van der Waals surface area contributed by atoms with Crippen molar-refractivity contribution < 1.29 is 27.9 Å². The molecule has 1 aliphatic heterocycles. The quantitative estimate of drug-likeness (QED) is 0.838. The van der Waals surface area contributed by atoms with E-state index >= 15 is 0 Å². The fraction of sp³-hybridized carbons (Fsp3) is 0.412. The molecular weight excluding hydrogens is 323 g/mol. The topological polar surface area (TPSA) is 57.6 Å². The maximum absolute atomic E-state index is 13.3. The van der Waals surface area contributed by atoms with Crippen LogP contribution >= 0.6 is 0 Å². The van der Waals surface area contributed by atoms with Crippen LogP contribution in [0.5, 0.6) is 0 Å². The van der Waals surface area contributed by atoms with Gasteiger partial charge in [-0.1, -0.05) is 12.2 Å². The monoisotopic (exact) mass is 339 g/mol. The lowest BCUT2D eigenvalue weighted by molar-refractivity contribution is -0.138. The fourth-order valence-electron chi connectivity index (χ4n) is 3.03. The van der Waals surface area contributed by atoms with E-state index in [9.17, 15) is 22.8 Å². The van der Waals surface area contributed by atoms with Gasteiger partial charge in [0.05, 0.1) is 16.7 Å². The fourth-order valence-corrected chi connectivity index (χ4v) is 3.03. The number of carboxylic acid groups (broad SMARTS) is 1. The van der Waals surface area contributed by atoms with Crippen LogP contribution in [0.1, 0.15) is 45.5 Å². The van der Waals surface area contributed by atoms with Crippen LogP contribution in [0.25, 0.3) is 0 Å². The second kappa shape index (κ2) is 5.65. The van der Waals surface area contributed by atoms with Crippen molar-refractivity contribution in [2.45, 2.75) is 25.4 Å². The molecule has 1 saturated carbocycles. The van der Waals surface area contributed by atoms with Gasteiger partial charge < -0.3 is 10.0 Å². The summed E-state index contributed by atoms with van der Waals surface area (Å²) in [6, 6.07) is 2.52. The summed E-state index contributed by atoms with van der Waals surface area (Å²) in [5, 5.41) is 8.90. The number of allylic oxidation sites excluding steroid dienone is 1. The van der Waals surface area contributed by atoms with Gasteiger partial charge in [0, 0.05) is 13.1 Å². The van der Waals surface area contributed by atoms with Crippen molar-refractivity contribution in [3.8, 4) is 0 Å². The van der Waals surface area contributed by atoms with E-state index in [1.807, 2.05) is 6.08 Å². The van der Waals surface area contributed by atoms with Gasteiger partial charge in [0.1, 0.15) is 0 Å². The van der Waals surface area contributed by atoms with Crippen molar-refractivity contribution in [3.63, 3.8) is 0 Å². The Hall–Kier alpha value is -2.31. The van der Waals surface area contributed by atoms with E-state index < -0.39 is 34.7 Å². The van der Waals surface area contributed by atoms with Crippen LogP contribution in [-0.4, -0.2) is 35.0 Å². The third-order valence-corrected chi connectivity index (χ3v) is 4.62. The molecular formula is C17H16F3NO3. The highest BCUT2D eigenvalue weighted by Crippen LogP contribution is 2.50. The summed E-state index contributed by atoms with van der Waals surface area (Å²) in [4.78, 5) is 25.0. The summed E-state index contributed by atoms with van der Waals surface area (Å²) in [5.74, 6) is -2.17. The predicted octanol–water partition coefficient (Wildman–Crippen LogP) is 3.59. The van der Waals surface area contributed by atoms with Crippen LogP contribution in [-0.2, 0) is 6.18 Å². The number of rotatable bonds is 2. The molecule has 0 aromatic heterocycles. The Kier molecular flexibility index (Phi) is 3.89. The standard InChI is InChI=1S/C17H16F3NO3/c18-17(19,20)13-9-11(15(23)24)3-4-12(13)14(22)21-8-2-1-5-16(10-21)6-7-16/h1-4,9H,5-8,10H2,(H,23,24). The lowest BCUT2D eigenvalue weighted by Gasteiger charge is -2.25. The van der Waals surface area contributed by atoms with Crippen molar-refractivity contribution in [1.29, 1.82) is 0 Å². The van der Waals surface area contributed by atoms with E-state index in [1.165, 1.54) is 4.90 Å². The second-order valence-corrected chi connectivity index (χ2v) is 6.42. The summed E-state index contributed by atoms with van der Waals surface area (Å²) in [6.45, 7) is 0.690. The molecule has 1 amide bonds. The molecule has 1 N–H and O–H groups in total. The molecule has 1 aromatic carbocycles. The number of halogens is 3. The van der Waals surface area contributed by atoms with Gasteiger partial charge in [0.15, 0.2) is 0 Å². The third kappa shape index (κ3) is 3.16. The zero-order valence-corrected chi connectivity index (χ0v) is 12.8. The van der Waals surface area contributed by atoms with Gasteiger partial charge in [0.2, 0.25) is 0 Å². The lowest BCUT2D eigenvalue weighted by Crippen LogP contribution is -2.36. The van der Waals surface area contributed by atoms with Gasteiger partial charge >= 0.3 is 12.1 Å². The predicted molar refractivity (Wildman–Crippen MR) is 79.7 cm³/mol. The third-order valence-electron chi connectivity index (χ3n) is 4.62. The summed E-state index contributed by atoms with van der Waals surface area (Å²) in [5.41, 5.74) is -2.19. The van der Waals surface area contributed by atoms with E-state index in [1.54, 1.807) is 6.08 Å². The molecule has 2 aliphatic rings. The highest BCUT2D eigenvalue weighted by molar-refractivity contribution is 5.98.